The number of ether oxygens (including phenoxy) is 1. The summed E-state index contributed by atoms with van der Waals surface area (Å²) in [4.78, 5) is 0. The lowest BCUT2D eigenvalue weighted by atomic mass is 10.2. The zero-order valence-electron chi connectivity index (χ0n) is 11.7. The van der Waals surface area contributed by atoms with Crippen LogP contribution >= 0.6 is 27.3 Å². The fraction of sp³-hybridized carbons (Fsp3) is 0.286. The van der Waals surface area contributed by atoms with Crippen LogP contribution in [0.1, 0.15) is 11.1 Å². The van der Waals surface area contributed by atoms with Crippen molar-refractivity contribution >= 4 is 37.3 Å². The summed E-state index contributed by atoms with van der Waals surface area (Å²) < 4.78 is 33.4. The summed E-state index contributed by atoms with van der Waals surface area (Å²) in [5.74, 6) is 0.740. The Balaban J connectivity index is 1.88. The Hall–Kier alpha value is -0.890. The van der Waals surface area contributed by atoms with Crippen molar-refractivity contribution in [1.29, 1.82) is 0 Å². The average molecular weight is 390 g/mol. The Labute approximate surface area is 137 Å². The van der Waals surface area contributed by atoms with Crippen molar-refractivity contribution in [1.82, 2.24) is 4.72 Å². The molecule has 1 aromatic heterocycles. The minimum Gasteiger partial charge on any atom is -0.492 e. The number of hydrogen-bond acceptors (Lipinski definition) is 4. The second-order valence-electron chi connectivity index (χ2n) is 4.58. The van der Waals surface area contributed by atoms with Crippen molar-refractivity contribution in [2.24, 2.45) is 0 Å². The van der Waals surface area contributed by atoms with E-state index in [1.54, 1.807) is 6.07 Å². The molecule has 0 amide bonds. The zero-order valence-corrected chi connectivity index (χ0v) is 14.9. The van der Waals surface area contributed by atoms with Gasteiger partial charge in [0.2, 0.25) is 10.0 Å². The first-order valence-corrected chi connectivity index (χ1v) is 9.43. The number of benzene rings is 1. The number of halogens is 1. The predicted molar refractivity (Wildman–Crippen MR) is 88.6 cm³/mol. The summed E-state index contributed by atoms with van der Waals surface area (Å²) in [5.41, 5.74) is 2.02. The Bertz CT molecular complexity index is 706. The van der Waals surface area contributed by atoms with Gasteiger partial charge in [-0.2, -0.15) is 0 Å². The number of aryl methyl sites for hydroxylation is 2. The Kier molecular flexibility index (Phi) is 5.43. The van der Waals surface area contributed by atoms with Crippen LogP contribution in [-0.4, -0.2) is 21.6 Å². The first kappa shape index (κ1) is 16.5. The van der Waals surface area contributed by atoms with Crippen molar-refractivity contribution in [2.75, 3.05) is 13.2 Å². The molecule has 0 radical (unpaired) electrons. The number of thiophene rings is 1. The largest absolute Gasteiger partial charge is 0.492 e. The molecule has 0 bridgehead atoms. The van der Waals surface area contributed by atoms with E-state index >= 15 is 0 Å². The second-order valence-corrected chi connectivity index (χ2v) is 8.95. The second kappa shape index (κ2) is 6.91. The molecule has 21 heavy (non-hydrogen) atoms. The average Bonchev–Trinajstić information content (AvgIpc) is 2.76. The van der Waals surface area contributed by atoms with Gasteiger partial charge in [0.1, 0.15) is 16.6 Å². The van der Waals surface area contributed by atoms with Crippen LogP contribution in [0.25, 0.3) is 0 Å². The number of nitrogens with one attached hydrogen (secondary N) is 1. The molecular weight excluding hydrogens is 374 g/mol. The maximum absolute atomic E-state index is 12.1. The van der Waals surface area contributed by atoms with Crippen LogP contribution in [0.15, 0.2) is 38.3 Å². The van der Waals surface area contributed by atoms with Crippen LogP contribution in [0.2, 0.25) is 0 Å². The van der Waals surface area contributed by atoms with E-state index in [9.17, 15) is 8.42 Å². The van der Waals surface area contributed by atoms with Crippen LogP contribution in [0.5, 0.6) is 5.75 Å². The fourth-order valence-electron chi connectivity index (χ4n) is 1.69. The van der Waals surface area contributed by atoms with Gasteiger partial charge in [-0.15, -0.1) is 11.3 Å². The van der Waals surface area contributed by atoms with Crippen LogP contribution in [0, 0.1) is 13.8 Å². The van der Waals surface area contributed by atoms with E-state index in [-0.39, 0.29) is 13.2 Å². The van der Waals surface area contributed by atoms with Crippen molar-refractivity contribution in [3.63, 3.8) is 0 Å². The van der Waals surface area contributed by atoms with E-state index in [0.717, 1.165) is 20.7 Å². The molecular formula is C14H16BrNO3S2. The van der Waals surface area contributed by atoms with E-state index in [4.69, 9.17) is 4.74 Å². The molecule has 1 N–H and O–H groups in total. The Morgan fingerprint density at radius 2 is 2.05 bits per heavy atom. The highest BCUT2D eigenvalue weighted by Crippen LogP contribution is 2.30. The molecule has 2 aromatic rings. The summed E-state index contributed by atoms with van der Waals surface area (Å²) in [7, 11) is -3.47. The minimum absolute atomic E-state index is 0.227. The minimum atomic E-state index is -3.47. The van der Waals surface area contributed by atoms with Crippen molar-refractivity contribution in [2.45, 2.75) is 18.1 Å². The molecule has 1 heterocycles. The topological polar surface area (TPSA) is 55.4 Å². The molecule has 0 spiro atoms. The van der Waals surface area contributed by atoms with Gasteiger partial charge in [-0.05, 0) is 59.1 Å². The van der Waals surface area contributed by atoms with Gasteiger partial charge in [-0.1, -0.05) is 12.1 Å². The van der Waals surface area contributed by atoms with E-state index in [1.165, 1.54) is 11.3 Å². The van der Waals surface area contributed by atoms with Gasteiger partial charge in [0.25, 0.3) is 0 Å². The molecule has 0 aliphatic heterocycles. The maximum atomic E-state index is 12.1. The zero-order chi connectivity index (χ0) is 15.5. The van der Waals surface area contributed by atoms with E-state index in [0.29, 0.717) is 4.21 Å². The van der Waals surface area contributed by atoms with Crippen LogP contribution in [-0.2, 0) is 10.0 Å². The highest BCUT2D eigenvalue weighted by molar-refractivity contribution is 9.11. The van der Waals surface area contributed by atoms with Gasteiger partial charge in [0.05, 0.1) is 3.79 Å². The molecule has 0 aliphatic rings. The van der Waals surface area contributed by atoms with Crippen LogP contribution < -0.4 is 9.46 Å². The van der Waals surface area contributed by atoms with Gasteiger partial charge in [0.15, 0.2) is 0 Å². The van der Waals surface area contributed by atoms with Gasteiger partial charge in [-0.3, -0.25) is 0 Å². The molecule has 1 aromatic carbocycles. The SMILES string of the molecule is Cc1cccc(OCCNS(=O)(=O)c2cc(C)c(Br)s2)c1. The lowest BCUT2D eigenvalue weighted by molar-refractivity contribution is 0.322. The summed E-state index contributed by atoms with van der Waals surface area (Å²) in [6.07, 6.45) is 0. The highest BCUT2D eigenvalue weighted by Gasteiger charge is 2.17. The molecule has 0 unspecified atom stereocenters. The van der Waals surface area contributed by atoms with Crippen molar-refractivity contribution in [3.8, 4) is 5.75 Å². The smallest absolute Gasteiger partial charge is 0.250 e. The summed E-state index contributed by atoms with van der Waals surface area (Å²) in [6, 6.07) is 9.29. The van der Waals surface area contributed by atoms with Crippen molar-refractivity contribution < 1.29 is 13.2 Å². The fourth-order valence-corrected chi connectivity index (χ4v) is 4.97. The Morgan fingerprint density at radius 1 is 1.29 bits per heavy atom. The van der Waals surface area contributed by atoms with Gasteiger partial charge < -0.3 is 4.74 Å². The Morgan fingerprint density at radius 3 is 2.67 bits per heavy atom. The molecule has 0 saturated heterocycles. The third-order valence-electron chi connectivity index (χ3n) is 2.75. The van der Waals surface area contributed by atoms with Crippen LogP contribution in [0.3, 0.4) is 0 Å². The molecule has 4 nitrogen and oxygen atoms in total. The van der Waals surface area contributed by atoms with Crippen molar-refractivity contribution in [3.05, 3.63) is 45.2 Å². The molecule has 114 valence electrons. The lowest BCUT2D eigenvalue weighted by Gasteiger charge is -2.08. The summed E-state index contributed by atoms with van der Waals surface area (Å²) >= 11 is 4.53. The molecule has 2 rings (SSSR count). The van der Waals surface area contributed by atoms with Gasteiger partial charge >= 0.3 is 0 Å². The number of sulfonamides is 1. The van der Waals surface area contributed by atoms with E-state index < -0.39 is 10.0 Å². The monoisotopic (exact) mass is 389 g/mol. The van der Waals surface area contributed by atoms with Gasteiger partial charge in [-0.25, -0.2) is 13.1 Å². The molecule has 7 heteroatoms. The molecule has 0 saturated carbocycles. The third-order valence-corrected chi connectivity index (χ3v) is 6.82. The summed E-state index contributed by atoms with van der Waals surface area (Å²) in [6.45, 7) is 4.35. The molecule has 0 atom stereocenters. The third kappa shape index (κ3) is 4.54. The number of rotatable bonds is 6. The van der Waals surface area contributed by atoms with Crippen LogP contribution in [0.4, 0.5) is 0 Å². The first-order valence-electron chi connectivity index (χ1n) is 6.33. The quantitative estimate of drug-likeness (QED) is 0.769. The normalized spacial score (nSPS) is 11.6. The molecule has 0 fully saturated rings. The number of hydrogen-bond donors (Lipinski definition) is 1. The highest BCUT2D eigenvalue weighted by atomic mass is 79.9. The van der Waals surface area contributed by atoms with Gasteiger partial charge in [0, 0.05) is 6.54 Å². The molecule has 0 aliphatic carbocycles. The lowest BCUT2D eigenvalue weighted by Crippen LogP contribution is -2.27. The summed E-state index contributed by atoms with van der Waals surface area (Å²) in [5, 5.41) is 0. The first-order chi connectivity index (χ1) is 9.88. The maximum Gasteiger partial charge on any atom is 0.250 e. The van der Waals surface area contributed by atoms with E-state index in [1.807, 2.05) is 38.1 Å². The van der Waals surface area contributed by atoms with E-state index in [2.05, 4.69) is 20.7 Å². The predicted octanol–water partition coefficient (Wildman–Crippen LogP) is 3.48. The standard InChI is InChI=1S/C14H16BrNO3S2/c1-10-4-3-5-12(8-10)19-7-6-16-21(17,18)13-9-11(2)14(15)20-13/h3-5,8-9,16H,6-7H2,1-2H3.